The van der Waals surface area contributed by atoms with Crippen molar-refractivity contribution >= 4 is 46.0 Å². The molecule has 0 saturated heterocycles. The quantitative estimate of drug-likeness (QED) is 0.296. The molecule has 0 saturated carbocycles. The summed E-state index contributed by atoms with van der Waals surface area (Å²) in [6.07, 6.45) is -1.30. The lowest BCUT2D eigenvalue weighted by Crippen LogP contribution is -2.25. The summed E-state index contributed by atoms with van der Waals surface area (Å²) in [4.78, 5) is 47.0. The number of fused-ring (bicyclic) bond motifs is 2. The average molecular weight is 518 g/mol. The van der Waals surface area contributed by atoms with Gasteiger partial charge in [0.2, 0.25) is 11.5 Å². The molecule has 3 N–H and O–H groups in total. The van der Waals surface area contributed by atoms with Crippen molar-refractivity contribution in [2.24, 2.45) is 0 Å². The van der Waals surface area contributed by atoms with Crippen LogP contribution in [0.4, 0.5) is 3.89 Å². The number of hydrogen-bond acceptors (Lipinski definition) is 10. The lowest BCUT2D eigenvalue weighted by atomic mass is 10.2. The van der Waals surface area contributed by atoms with Gasteiger partial charge in [-0.25, -0.2) is 9.59 Å². The monoisotopic (exact) mass is 518 g/mol. The molecule has 0 spiro atoms. The highest BCUT2D eigenvalue weighted by Crippen LogP contribution is 2.31. The highest BCUT2D eigenvalue weighted by Gasteiger charge is 2.19. The van der Waals surface area contributed by atoms with E-state index in [1.54, 1.807) is 0 Å². The third-order valence-electron chi connectivity index (χ3n) is 4.86. The van der Waals surface area contributed by atoms with Crippen molar-refractivity contribution in [1.82, 2.24) is 0 Å². The Morgan fingerprint density at radius 2 is 1.42 bits per heavy atom. The summed E-state index contributed by atoms with van der Waals surface area (Å²) in [6.45, 7) is -0.815. The Bertz CT molecular complexity index is 1610. The zero-order chi connectivity index (χ0) is 26.0. The number of aromatic carboxylic acids is 2. The molecule has 36 heavy (non-hydrogen) atoms. The molecule has 4 aromatic rings. The van der Waals surface area contributed by atoms with Gasteiger partial charge in [0.15, 0.2) is 10.9 Å². The fourth-order valence-electron chi connectivity index (χ4n) is 3.32. The molecule has 1 atom stereocenters. The second-order valence-electron chi connectivity index (χ2n) is 7.34. The SMILES string of the molecule is O=C(O)c1cc(=O)c2c(OCC(O)COc3cc(SF)cc4oc(C(=O)O)cc(=O)c34)cccc2o1. The average Bonchev–Trinajstić information content (AvgIpc) is 2.85. The van der Waals surface area contributed by atoms with E-state index in [0.717, 1.165) is 18.2 Å². The van der Waals surface area contributed by atoms with Gasteiger partial charge < -0.3 is 33.6 Å². The van der Waals surface area contributed by atoms with Crippen LogP contribution < -0.4 is 20.3 Å². The first-order chi connectivity index (χ1) is 17.2. The Hall–Kier alpha value is -4.36. The fraction of sp³-hybridized carbons (Fsp3) is 0.130. The van der Waals surface area contributed by atoms with E-state index in [2.05, 4.69) is 0 Å². The summed E-state index contributed by atoms with van der Waals surface area (Å²) in [5, 5.41) is 28.3. The summed E-state index contributed by atoms with van der Waals surface area (Å²) in [6, 6.07) is 8.16. The smallest absolute Gasteiger partial charge is 0.371 e. The molecule has 0 fully saturated rings. The maximum absolute atomic E-state index is 13.2. The predicted molar refractivity (Wildman–Crippen MR) is 123 cm³/mol. The normalized spacial score (nSPS) is 11.9. The molecule has 2 heterocycles. The van der Waals surface area contributed by atoms with E-state index in [1.807, 2.05) is 0 Å². The fourth-order valence-corrected chi connectivity index (χ4v) is 3.62. The summed E-state index contributed by atoms with van der Waals surface area (Å²) in [5.74, 6) is -4.19. The number of carbonyl (C=O) groups is 2. The maximum atomic E-state index is 13.2. The van der Waals surface area contributed by atoms with Crippen LogP contribution in [0.25, 0.3) is 21.9 Å². The van der Waals surface area contributed by atoms with Crippen molar-refractivity contribution in [3.63, 3.8) is 0 Å². The van der Waals surface area contributed by atoms with Crippen LogP contribution in [0.3, 0.4) is 0 Å². The molecule has 0 aliphatic rings. The third-order valence-corrected chi connectivity index (χ3v) is 5.27. The van der Waals surface area contributed by atoms with Crippen molar-refractivity contribution in [2.75, 3.05) is 13.2 Å². The Morgan fingerprint density at radius 3 is 2.00 bits per heavy atom. The lowest BCUT2D eigenvalue weighted by Gasteiger charge is -2.15. The number of aliphatic hydroxyl groups is 1. The van der Waals surface area contributed by atoms with Crippen LogP contribution in [-0.4, -0.2) is 46.6 Å². The predicted octanol–water partition coefficient (Wildman–Crippen LogP) is 3.09. The first-order valence-electron chi connectivity index (χ1n) is 10.1. The van der Waals surface area contributed by atoms with Crippen molar-refractivity contribution < 1.29 is 47.1 Å². The second kappa shape index (κ2) is 10.1. The molecule has 186 valence electrons. The molecule has 0 aliphatic heterocycles. The van der Waals surface area contributed by atoms with E-state index in [1.165, 1.54) is 24.3 Å². The zero-order valence-corrected chi connectivity index (χ0v) is 18.7. The molecule has 13 heteroatoms. The van der Waals surface area contributed by atoms with Gasteiger partial charge in [-0.1, -0.05) is 6.07 Å². The van der Waals surface area contributed by atoms with Crippen LogP contribution in [-0.2, 0) is 0 Å². The van der Waals surface area contributed by atoms with Crippen molar-refractivity contribution in [3.05, 3.63) is 74.4 Å². The molecular weight excluding hydrogens is 503 g/mol. The number of ether oxygens (including phenoxy) is 2. The molecule has 2 aromatic carbocycles. The molecule has 0 bridgehead atoms. The number of benzene rings is 2. The highest BCUT2D eigenvalue weighted by atomic mass is 32.2. The van der Waals surface area contributed by atoms with Crippen LogP contribution in [0.5, 0.6) is 11.5 Å². The Balaban J connectivity index is 1.53. The van der Waals surface area contributed by atoms with E-state index in [9.17, 15) is 28.2 Å². The molecule has 1 unspecified atom stereocenters. The summed E-state index contributed by atoms with van der Waals surface area (Å²) >= 11 is -0.187. The number of halogens is 1. The van der Waals surface area contributed by atoms with Gasteiger partial charge in [-0.15, -0.1) is 0 Å². The van der Waals surface area contributed by atoms with Gasteiger partial charge in [-0.2, -0.15) is 3.89 Å². The lowest BCUT2D eigenvalue weighted by molar-refractivity contribution is 0.0635. The molecular formula is C23H15FO11S. The minimum absolute atomic E-state index is 0.0254. The molecule has 0 aliphatic carbocycles. The van der Waals surface area contributed by atoms with Crippen LogP contribution >= 0.6 is 12.1 Å². The zero-order valence-electron chi connectivity index (χ0n) is 17.9. The van der Waals surface area contributed by atoms with Crippen molar-refractivity contribution in [2.45, 2.75) is 11.0 Å². The van der Waals surface area contributed by atoms with Gasteiger partial charge >= 0.3 is 11.9 Å². The number of aliphatic hydroxyl groups excluding tert-OH is 1. The number of carboxylic acids is 2. The van der Waals surface area contributed by atoms with E-state index in [4.69, 9.17) is 28.5 Å². The van der Waals surface area contributed by atoms with Gasteiger partial charge in [0.1, 0.15) is 52.8 Å². The first-order valence-corrected chi connectivity index (χ1v) is 10.8. The van der Waals surface area contributed by atoms with Crippen LogP contribution in [0.2, 0.25) is 0 Å². The molecule has 11 nitrogen and oxygen atoms in total. The summed E-state index contributed by atoms with van der Waals surface area (Å²) < 4.78 is 34.5. The van der Waals surface area contributed by atoms with E-state index in [-0.39, 0.29) is 57.1 Å². The standard InChI is InChI=1S/C23H15FO11S/c24-36-11-4-16(21-13(27)7-19(23(30)31)35-17(21)5-11)33-9-10(25)8-32-14-2-1-3-15-20(14)12(26)6-18(34-15)22(28)29/h1-7,10,25H,8-9H2,(H,28,29)(H,30,31). The van der Waals surface area contributed by atoms with Gasteiger partial charge in [-0.05, 0) is 24.3 Å². The maximum Gasteiger partial charge on any atom is 0.371 e. The summed E-state index contributed by atoms with van der Waals surface area (Å²) in [5.41, 5.74) is -1.64. The Labute approximate surface area is 203 Å². The molecule has 2 aromatic heterocycles. The highest BCUT2D eigenvalue weighted by molar-refractivity contribution is 7.94. The number of hydrogen-bond donors (Lipinski definition) is 3. The van der Waals surface area contributed by atoms with E-state index < -0.39 is 47.0 Å². The second-order valence-corrected chi connectivity index (χ2v) is 7.96. The number of rotatable bonds is 9. The van der Waals surface area contributed by atoms with Crippen LogP contribution in [0.15, 0.2) is 65.8 Å². The van der Waals surface area contributed by atoms with Gasteiger partial charge in [0.25, 0.3) is 0 Å². The van der Waals surface area contributed by atoms with Crippen molar-refractivity contribution in [3.8, 4) is 11.5 Å². The molecule has 4 rings (SSSR count). The topological polar surface area (TPSA) is 174 Å². The minimum atomic E-state index is -1.48. The minimum Gasteiger partial charge on any atom is -0.490 e. The van der Waals surface area contributed by atoms with E-state index >= 15 is 0 Å². The Morgan fingerprint density at radius 1 is 0.861 bits per heavy atom. The van der Waals surface area contributed by atoms with Gasteiger partial charge in [0, 0.05) is 17.0 Å². The first kappa shape index (κ1) is 24.8. The van der Waals surface area contributed by atoms with Crippen LogP contribution in [0, 0.1) is 0 Å². The largest absolute Gasteiger partial charge is 0.490 e. The molecule has 0 amide bonds. The summed E-state index contributed by atoms with van der Waals surface area (Å²) in [7, 11) is 0. The van der Waals surface area contributed by atoms with Crippen LogP contribution in [0.1, 0.15) is 21.1 Å². The molecule has 0 radical (unpaired) electrons. The third kappa shape index (κ3) is 5.01. The number of carboxylic acid groups (broad SMARTS) is 2. The van der Waals surface area contributed by atoms with Gasteiger partial charge in [0.05, 0.1) is 12.1 Å². The van der Waals surface area contributed by atoms with Crippen molar-refractivity contribution in [1.29, 1.82) is 0 Å². The van der Waals surface area contributed by atoms with E-state index in [0.29, 0.717) is 0 Å². The Kier molecular flexibility index (Phi) is 6.94. The van der Waals surface area contributed by atoms with Gasteiger partial charge in [-0.3, -0.25) is 9.59 Å².